The maximum absolute atomic E-state index is 13.2. The van der Waals surface area contributed by atoms with Crippen LogP contribution in [0.5, 0.6) is 0 Å². The van der Waals surface area contributed by atoms with Gasteiger partial charge in [0.15, 0.2) is 5.82 Å². The first kappa shape index (κ1) is 23.1. The summed E-state index contributed by atoms with van der Waals surface area (Å²) in [6.07, 6.45) is 4.13. The number of aromatic nitrogens is 2. The van der Waals surface area contributed by atoms with Gasteiger partial charge in [0.25, 0.3) is 0 Å². The maximum atomic E-state index is 13.2. The molecule has 5 nitrogen and oxygen atoms in total. The molecule has 4 aromatic rings. The van der Waals surface area contributed by atoms with Crippen LogP contribution < -0.4 is 0 Å². The molecule has 1 fully saturated rings. The third-order valence-electron chi connectivity index (χ3n) is 6.51. The number of hydrogen-bond donors (Lipinski definition) is 1. The number of aryl methyl sites for hydroxylation is 1. The summed E-state index contributed by atoms with van der Waals surface area (Å²) in [6.45, 7) is 0.601. The molecule has 1 aliphatic rings. The molecule has 1 atom stereocenters. The monoisotopic (exact) mass is 483 g/mol. The molecule has 5 rings (SSSR count). The fourth-order valence-corrected chi connectivity index (χ4v) is 4.82. The molecule has 0 unspecified atom stereocenters. The Hall–Kier alpha value is -3.70. The second kappa shape index (κ2) is 10.3. The molecule has 1 saturated heterocycles. The lowest BCUT2D eigenvalue weighted by Gasteiger charge is -2.23. The van der Waals surface area contributed by atoms with Crippen molar-refractivity contribution in [3.8, 4) is 22.4 Å². The number of amides is 1. The molecule has 0 radical (unpaired) electrons. The summed E-state index contributed by atoms with van der Waals surface area (Å²) >= 11 is 6.09. The minimum Gasteiger partial charge on any atom is -0.335 e. The SMILES string of the molecule is O=C(c1ncc(-c2cccc(Cl)c2)[nH]1)[C@@H]1CCCN1C(=O)CCc1ccc(-c2ccccc2)cc1. The molecule has 0 bridgehead atoms. The van der Waals surface area contributed by atoms with E-state index < -0.39 is 6.04 Å². The molecule has 0 spiro atoms. The Kier molecular flexibility index (Phi) is 6.77. The average molecular weight is 484 g/mol. The van der Waals surface area contributed by atoms with Crippen molar-refractivity contribution in [2.24, 2.45) is 0 Å². The molecule has 3 aromatic carbocycles. The Morgan fingerprint density at radius 2 is 1.69 bits per heavy atom. The van der Waals surface area contributed by atoms with Gasteiger partial charge in [0.05, 0.1) is 17.9 Å². The first-order chi connectivity index (χ1) is 17.1. The van der Waals surface area contributed by atoms with Crippen LogP contribution in [0.2, 0.25) is 5.02 Å². The third-order valence-corrected chi connectivity index (χ3v) is 6.74. The largest absolute Gasteiger partial charge is 0.335 e. The minimum absolute atomic E-state index is 0.00890. The highest BCUT2D eigenvalue weighted by atomic mass is 35.5. The van der Waals surface area contributed by atoms with Crippen molar-refractivity contribution in [1.82, 2.24) is 14.9 Å². The van der Waals surface area contributed by atoms with E-state index in [-0.39, 0.29) is 17.5 Å². The Morgan fingerprint density at radius 1 is 0.943 bits per heavy atom. The number of carbonyl (C=O) groups is 2. The molecule has 2 heterocycles. The maximum Gasteiger partial charge on any atom is 0.223 e. The van der Waals surface area contributed by atoms with Crippen LogP contribution in [0.1, 0.15) is 35.4 Å². The van der Waals surface area contributed by atoms with E-state index in [0.717, 1.165) is 28.8 Å². The van der Waals surface area contributed by atoms with Crippen LogP contribution in [0.4, 0.5) is 0 Å². The van der Waals surface area contributed by atoms with E-state index in [1.54, 1.807) is 17.2 Å². The summed E-state index contributed by atoms with van der Waals surface area (Å²) in [5.41, 5.74) is 5.02. The number of benzene rings is 3. The molecule has 1 aliphatic heterocycles. The Balaban J connectivity index is 1.22. The first-order valence-electron chi connectivity index (χ1n) is 11.9. The van der Waals surface area contributed by atoms with E-state index in [1.807, 2.05) is 36.4 Å². The van der Waals surface area contributed by atoms with Gasteiger partial charge < -0.3 is 9.88 Å². The fraction of sp³-hybridized carbons (Fsp3) is 0.207. The lowest BCUT2D eigenvalue weighted by atomic mass is 10.0. The quantitative estimate of drug-likeness (QED) is 0.318. The van der Waals surface area contributed by atoms with Crippen molar-refractivity contribution in [2.45, 2.75) is 31.7 Å². The number of carbonyl (C=O) groups excluding carboxylic acids is 2. The minimum atomic E-state index is -0.471. The van der Waals surface area contributed by atoms with E-state index in [0.29, 0.717) is 30.8 Å². The van der Waals surface area contributed by atoms with Gasteiger partial charge in [-0.15, -0.1) is 0 Å². The smallest absolute Gasteiger partial charge is 0.223 e. The predicted molar refractivity (Wildman–Crippen MR) is 138 cm³/mol. The van der Waals surface area contributed by atoms with Gasteiger partial charge in [0.2, 0.25) is 11.7 Å². The van der Waals surface area contributed by atoms with E-state index in [9.17, 15) is 9.59 Å². The van der Waals surface area contributed by atoms with Gasteiger partial charge in [-0.1, -0.05) is 78.3 Å². The highest BCUT2D eigenvalue weighted by Gasteiger charge is 2.35. The summed E-state index contributed by atoms with van der Waals surface area (Å²) in [5.74, 6) is 0.145. The van der Waals surface area contributed by atoms with Crippen LogP contribution in [-0.4, -0.2) is 39.1 Å². The topological polar surface area (TPSA) is 66.1 Å². The van der Waals surface area contributed by atoms with Crippen molar-refractivity contribution in [3.63, 3.8) is 0 Å². The predicted octanol–water partition coefficient (Wildman–Crippen LogP) is 6.20. The standard InChI is InChI=1S/C29H26ClN3O2/c30-24-9-4-8-23(18-24)25-19-31-29(32-25)28(35)26-10-5-17-33(26)27(34)16-13-20-11-14-22(15-12-20)21-6-2-1-3-7-21/h1-4,6-9,11-12,14-15,18-19,26H,5,10,13,16-17H2,(H,31,32)/t26-/m0/s1. The van der Waals surface area contributed by atoms with Gasteiger partial charge in [-0.25, -0.2) is 4.98 Å². The molecule has 0 aliphatic carbocycles. The Labute approximate surface area is 209 Å². The summed E-state index contributed by atoms with van der Waals surface area (Å²) in [7, 11) is 0. The number of likely N-dealkylation sites (tertiary alicyclic amines) is 1. The summed E-state index contributed by atoms with van der Waals surface area (Å²) in [5, 5.41) is 0.618. The van der Waals surface area contributed by atoms with Crippen molar-refractivity contribution < 1.29 is 9.59 Å². The van der Waals surface area contributed by atoms with Crippen LogP contribution in [0.15, 0.2) is 85.1 Å². The zero-order chi connectivity index (χ0) is 24.2. The number of nitrogens with one attached hydrogen (secondary N) is 1. The number of H-pyrrole nitrogens is 1. The van der Waals surface area contributed by atoms with Gasteiger partial charge in [-0.3, -0.25) is 9.59 Å². The summed E-state index contributed by atoms with van der Waals surface area (Å²) in [6, 6.07) is 25.5. The molecule has 6 heteroatoms. The second-order valence-electron chi connectivity index (χ2n) is 8.83. The van der Waals surface area contributed by atoms with Gasteiger partial charge >= 0.3 is 0 Å². The number of rotatable bonds is 7. The number of aromatic amines is 1. The van der Waals surface area contributed by atoms with E-state index in [4.69, 9.17) is 11.6 Å². The van der Waals surface area contributed by atoms with Gasteiger partial charge in [-0.05, 0) is 48.1 Å². The highest BCUT2D eigenvalue weighted by molar-refractivity contribution is 6.30. The molecule has 176 valence electrons. The van der Waals surface area contributed by atoms with Crippen molar-refractivity contribution in [2.75, 3.05) is 6.54 Å². The van der Waals surface area contributed by atoms with Crippen LogP contribution >= 0.6 is 11.6 Å². The van der Waals surface area contributed by atoms with E-state index in [2.05, 4.69) is 46.4 Å². The second-order valence-corrected chi connectivity index (χ2v) is 9.26. The lowest BCUT2D eigenvalue weighted by molar-refractivity contribution is -0.131. The molecule has 1 N–H and O–H groups in total. The van der Waals surface area contributed by atoms with Crippen molar-refractivity contribution >= 4 is 23.3 Å². The van der Waals surface area contributed by atoms with Crippen molar-refractivity contribution in [3.05, 3.63) is 101 Å². The lowest BCUT2D eigenvalue weighted by Crippen LogP contribution is -2.41. The zero-order valence-corrected chi connectivity index (χ0v) is 20.0. The van der Waals surface area contributed by atoms with Crippen LogP contribution in [0, 0.1) is 0 Å². The number of hydrogen-bond acceptors (Lipinski definition) is 3. The van der Waals surface area contributed by atoms with E-state index >= 15 is 0 Å². The normalized spacial score (nSPS) is 15.3. The first-order valence-corrected chi connectivity index (χ1v) is 12.3. The Bertz CT molecular complexity index is 1330. The van der Waals surface area contributed by atoms with Crippen LogP contribution in [0.25, 0.3) is 22.4 Å². The molecular formula is C29H26ClN3O2. The molecule has 1 aromatic heterocycles. The average Bonchev–Trinajstić information content (AvgIpc) is 3.58. The number of nitrogens with zero attached hydrogens (tertiary/aromatic N) is 2. The number of ketones is 1. The number of Topliss-reactive ketones (excluding diaryl/α,β-unsaturated/α-hetero) is 1. The van der Waals surface area contributed by atoms with E-state index in [1.165, 1.54) is 5.56 Å². The highest BCUT2D eigenvalue weighted by Crippen LogP contribution is 2.25. The molecular weight excluding hydrogens is 458 g/mol. The Morgan fingerprint density at radius 3 is 2.46 bits per heavy atom. The number of imidazole rings is 1. The molecule has 0 saturated carbocycles. The third kappa shape index (κ3) is 5.20. The molecule has 1 amide bonds. The van der Waals surface area contributed by atoms with Crippen LogP contribution in [0.3, 0.4) is 0 Å². The summed E-state index contributed by atoms with van der Waals surface area (Å²) < 4.78 is 0. The molecule has 35 heavy (non-hydrogen) atoms. The van der Waals surface area contributed by atoms with Crippen LogP contribution in [-0.2, 0) is 11.2 Å². The summed E-state index contributed by atoms with van der Waals surface area (Å²) in [4.78, 5) is 35.4. The zero-order valence-electron chi connectivity index (χ0n) is 19.3. The van der Waals surface area contributed by atoms with Gasteiger partial charge in [0.1, 0.15) is 0 Å². The van der Waals surface area contributed by atoms with Crippen molar-refractivity contribution in [1.29, 1.82) is 0 Å². The fourth-order valence-electron chi connectivity index (χ4n) is 4.63. The number of halogens is 1. The van der Waals surface area contributed by atoms with Gasteiger partial charge in [-0.2, -0.15) is 0 Å². The van der Waals surface area contributed by atoms with Gasteiger partial charge in [0, 0.05) is 23.6 Å².